The molecule has 1 aromatic rings. The Hall–Kier alpha value is -1.57. The fourth-order valence-corrected chi connectivity index (χ4v) is 1.47. The summed E-state index contributed by atoms with van der Waals surface area (Å²) in [7, 11) is 0. The van der Waals surface area contributed by atoms with Crippen molar-refractivity contribution >= 4 is 11.6 Å². The molecule has 1 heterocycles. The Morgan fingerprint density at radius 2 is 2.17 bits per heavy atom. The summed E-state index contributed by atoms with van der Waals surface area (Å²) in [5.74, 6) is -0.146. The quantitative estimate of drug-likeness (QED) is 0.623. The predicted octanol–water partition coefficient (Wildman–Crippen LogP) is 1.91. The van der Waals surface area contributed by atoms with Gasteiger partial charge in [-0.3, -0.25) is 4.79 Å². The lowest BCUT2D eigenvalue weighted by Crippen LogP contribution is -2.09. The number of rotatable bonds is 1. The van der Waals surface area contributed by atoms with E-state index in [1.165, 1.54) is 0 Å². The van der Waals surface area contributed by atoms with Crippen molar-refractivity contribution < 1.29 is 4.79 Å². The van der Waals surface area contributed by atoms with Crippen molar-refractivity contribution in [1.29, 1.82) is 0 Å². The molecular formula is C10H9NO. The molecule has 2 nitrogen and oxygen atoms in total. The summed E-state index contributed by atoms with van der Waals surface area (Å²) < 4.78 is 0. The van der Waals surface area contributed by atoms with Crippen molar-refractivity contribution in [2.45, 2.75) is 5.92 Å². The van der Waals surface area contributed by atoms with Crippen LogP contribution >= 0.6 is 0 Å². The van der Waals surface area contributed by atoms with Crippen molar-refractivity contribution in [2.75, 3.05) is 5.32 Å². The Balaban J connectivity index is 2.54. The van der Waals surface area contributed by atoms with Gasteiger partial charge in [-0.25, -0.2) is 0 Å². The largest absolute Gasteiger partial charge is 0.325 e. The Bertz CT molecular complexity index is 343. The number of carbonyl (C=O) groups is 1. The third-order valence-electron chi connectivity index (χ3n) is 2.07. The number of anilines is 1. The van der Waals surface area contributed by atoms with Gasteiger partial charge in [-0.15, -0.1) is 6.58 Å². The smallest absolute Gasteiger partial charge is 0.235 e. The van der Waals surface area contributed by atoms with Gasteiger partial charge in [0.15, 0.2) is 0 Å². The third-order valence-corrected chi connectivity index (χ3v) is 2.07. The molecule has 0 saturated heterocycles. The molecule has 12 heavy (non-hydrogen) atoms. The van der Waals surface area contributed by atoms with Crippen molar-refractivity contribution in [3.8, 4) is 0 Å². The van der Waals surface area contributed by atoms with Gasteiger partial charge in [0.1, 0.15) is 0 Å². The fourth-order valence-electron chi connectivity index (χ4n) is 1.47. The minimum absolute atomic E-state index is 0.0196. The first-order chi connectivity index (χ1) is 5.83. The highest BCUT2D eigenvalue weighted by atomic mass is 16.2. The van der Waals surface area contributed by atoms with Gasteiger partial charge in [0.2, 0.25) is 5.91 Å². The van der Waals surface area contributed by atoms with Gasteiger partial charge in [-0.05, 0) is 11.6 Å². The summed E-state index contributed by atoms with van der Waals surface area (Å²) in [5, 5.41) is 2.79. The minimum Gasteiger partial charge on any atom is -0.325 e. The molecule has 1 aliphatic rings. The topological polar surface area (TPSA) is 29.1 Å². The van der Waals surface area contributed by atoms with E-state index in [1.54, 1.807) is 6.08 Å². The molecule has 1 unspecified atom stereocenters. The van der Waals surface area contributed by atoms with E-state index in [9.17, 15) is 4.79 Å². The fraction of sp³-hybridized carbons (Fsp3) is 0.100. The second-order valence-electron chi connectivity index (χ2n) is 2.79. The summed E-state index contributed by atoms with van der Waals surface area (Å²) in [6.07, 6.45) is 1.67. The Morgan fingerprint density at radius 3 is 2.92 bits per heavy atom. The summed E-state index contributed by atoms with van der Waals surface area (Å²) in [4.78, 5) is 11.3. The lowest BCUT2D eigenvalue weighted by Gasteiger charge is -1.99. The van der Waals surface area contributed by atoms with Crippen LogP contribution in [0.3, 0.4) is 0 Å². The van der Waals surface area contributed by atoms with Crippen molar-refractivity contribution in [2.24, 2.45) is 0 Å². The number of nitrogens with one attached hydrogen (secondary N) is 1. The molecule has 0 radical (unpaired) electrons. The number of hydrogen-bond donors (Lipinski definition) is 1. The maximum absolute atomic E-state index is 11.3. The number of fused-ring (bicyclic) bond motifs is 1. The minimum atomic E-state index is -0.166. The molecule has 1 atom stereocenters. The van der Waals surface area contributed by atoms with Gasteiger partial charge in [0.05, 0.1) is 5.92 Å². The maximum atomic E-state index is 11.3. The van der Waals surface area contributed by atoms with E-state index in [1.807, 2.05) is 24.3 Å². The molecule has 1 N–H and O–H groups in total. The lowest BCUT2D eigenvalue weighted by atomic mass is 10.0. The average molecular weight is 159 g/mol. The zero-order chi connectivity index (χ0) is 8.55. The molecule has 0 spiro atoms. The summed E-state index contributed by atoms with van der Waals surface area (Å²) in [5.41, 5.74) is 1.94. The van der Waals surface area contributed by atoms with Crippen LogP contribution in [-0.4, -0.2) is 5.91 Å². The van der Waals surface area contributed by atoms with Gasteiger partial charge < -0.3 is 5.32 Å². The number of hydrogen-bond acceptors (Lipinski definition) is 1. The molecule has 1 aliphatic heterocycles. The first kappa shape index (κ1) is 7.10. The molecule has 0 aromatic heterocycles. The van der Waals surface area contributed by atoms with Crippen LogP contribution in [0.25, 0.3) is 0 Å². The van der Waals surface area contributed by atoms with Crippen molar-refractivity contribution in [3.63, 3.8) is 0 Å². The maximum Gasteiger partial charge on any atom is 0.235 e. The van der Waals surface area contributed by atoms with Crippen LogP contribution in [0.5, 0.6) is 0 Å². The Labute approximate surface area is 70.9 Å². The molecule has 0 bridgehead atoms. The molecule has 1 amide bonds. The van der Waals surface area contributed by atoms with E-state index in [4.69, 9.17) is 0 Å². The summed E-state index contributed by atoms with van der Waals surface area (Å²) in [6, 6.07) is 7.68. The van der Waals surface area contributed by atoms with Crippen LogP contribution in [0.2, 0.25) is 0 Å². The average Bonchev–Trinajstić information content (AvgIpc) is 2.40. The van der Waals surface area contributed by atoms with Crippen LogP contribution in [0.1, 0.15) is 11.5 Å². The van der Waals surface area contributed by atoms with E-state index >= 15 is 0 Å². The Kier molecular flexibility index (Phi) is 1.47. The first-order valence-electron chi connectivity index (χ1n) is 3.85. The van der Waals surface area contributed by atoms with Crippen LogP contribution in [-0.2, 0) is 4.79 Å². The van der Waals surface area contributed by atoms with Crippen molar-refractivity contribution in [3.05, 3.63) is 42.5 Å². The molecule has 0 saturated carbocycles. The predicted molar refractivity (Wildman–Crippen MR) is 48.0 cm³/mol. The first-order valence-corrected chi connectivity index (χ1v) is 3.85. The second-order valence-corrected chi connectivity index (χ2v) is 2.79. The molecule has 0 fully saturated rings. The second kappa shape index (κ2) is 2.48. The molecular weight excluding hydrogens is 150 g/mol. The monoisotopic (exact) mass is 159 g/mol. The zero-order valence-corrected chi connectivity index (χ0v) is 6.58. The van der Waals surface area contributed by atoms with E-state index in [2.05, 4.69) is 11.9 Å². The highest BCUT2D eigenvalue weighted by Crippen LogP contribution is 2.32. The van der Waals surface area contributed by atoms with Gasteiger partial charge >= 0.3 is 0 Å². The summed E-state index contributed by atoms with van der Waals surface area (Å²) >= 11 is 0. The van der Waals surface area contributed by atoms with E-state index in [0.29, 0.717) is 0 Å². The number of para-hydroxylation sites is 1. The van der Waals surface area contributed by atoms with Crippen LogP contribution < -0.4 is 5.32 Å². The van der Waals surface area contributed by atoms with Crippen LogP contribution in [0.4, 0.5) is 5.69 Å². The number of amides is 1. The molecule has 2 heteroatoms. The lowest BCUT2D eigenvalue weighted by molar-refractivity contribution is -0.116. The Morgan fingerprint density at radius 1 is 1.42 bits per heavy atom. The van der Waals surface area contributed by atoms with Crippen LogP contribution in [0, 0.1) is 0 Å². The molecule has 2 rings (SSSR count). The molecule has 60 valence electrons. The highest BCUT2D eigenvalue weighted by Gasteiger charge is 2.26. The van der Waals surface area contributed by atoms with E-state index in [0.717, 1.165) is 11.3 Å². The van der Waals surface area contributed by atoms with Gasteiger partial charge in [-0.1, -0.05) is 24.3 Å². The number of carbonyl (C=O) groups excluding carboxylic acids is 1. The van der Waals surface area contributed by atoms with Crippen molar-refractivity contribution in [1.82, 2.24) is 0 Å². The molecule has 1 aromatic carbocycles. The van der Waals surface area contributed by atoms with Gasteiger partial charge in [0.25, 0.3) is 0 Å². The number of benzene rings is 1. The van der Waals surface area contributed by atoms with Gasteiger partial charge in [-0.2, -0.15) is 0 Å². The summed E-state index contributed by atoms with van der Waals surface area (Å²) in [6.45, 7) is 3.63. The van der Waals surface area contributed by atoms with E-state index in [-0.39, 0.29) is 11.8 Å². The third kappa shape index (κ3) is 0.848. The van der Waals surface area contributed by atoms with Gasteiger partial charge in [0, 0.05) is 5.69 Å². The SMILES string of the molecule is C=CC1C(=O)Nc2ccccc21. The van der Waals surface area contributed by atoms with E-state index < -0.39 is 0 Å². The zero-order valence-electron chi connectivity index (χ0n) is 6.58. The standard InChI is InChI=1S/C10H9NO/c1-2-7-8-5-3-4-6-9(8)11-10(7)12/h2-7H,1H2,(H,11,12). The van der Waals surface area contributed by atoms with Crippen LogP contribution in [0.15, 0.2) is 36.9 Å². The molecule has 0 aliphatic carbocycles. The highest BCUT2D eigenvalue weighted by molar-refractivity contribution is 6.04. The normalized spacial score (nSPS) is 20.0.